The van der Waals surface area contributed by atoms with Crippen LogP contribution in [0.5, 0.6) is 0 Å². The molecule has 1 aliphatic heterocycles. The molecule has 0 amide bonds. The van der Waals surface area contributed by atoms with Crippen LogP contribution in [0.3, 0.4) is 0 Å². The van der Waals surface area contributed by atoms with Gasteiger partial charge in [-0.2, -0.15) is 9.57 Å². The first-order valence-electron chi connectivity index (χ1n) is 7.69. The van der Waals surface area contributed by atoms with Gasteiger partial charge in [-0.15, -0.1) is 0 Å². The largest absolute Gasteiger partial charge is 0.332 e. The summed E-state index contributed by atoms with van der Waals surface area (Å²) in [5.74, 6) is -0.106. The molecule has 124 valence electrons. The van der Waals surface area contributed by atoms with Crippen LogP contribution in [0.25, 0.3) is 0 Å². The van der Waals surface area contributed by atoms with Gasteiger partial charge in [0.05, 0.1) is 49.6 Å². The summed E-state index contributed by atoms with van der Waals surface area (Å²) in [4.78, 5) is 12.8. The highest BCUT2D eigenvalue weighted by Gasteiger charge is 2.30. The second kappa shape index (κ2) is 7.21. The molecule has 0 unspecified atom stereocenters. The second-order valence-corrected chi connectivity index (χ2v) is 7.91. The maximum absolute atomic E-state index is 12.6. The highest BCUT2D eigenvalue weighted by Crippen LogP contribution is 2.16. The van der Waals surface area contributed by atoms with Crippen LogP contribution in [-0.2, 0) is 10.0 Å². The molecule has 0 saturated carbocycles. The molecule has 23 heavy (non-hydrogen) atoms. The Morgan fingerprint density at radius 1 is 1.30 bits per heavy atom. The van der Waals surface area contributed by atoms with E-state index in [0.29, 0.717) is 31.7 Å². The van der Waals surface area contributed by atoms with Gasteiger partial charge in [0, 0.05) is 5.56 Å². The summed E-state index contributed by atoms with van der Waals surface area (Å²) in [7, 11) is -3.52. The van der Waals surface area contributed by atoms with Crippen molar-refractivity contribution >= 4 is 15.8 Å². The van der Waals surface area contributed by atoms with Gasteiger partial charge in [-0.3, -0.25) is 4.79 Å². The molecule has 6 nitrogen and oxygen atoms in total. The number of nitrogens with zero attached hydrogens (tertiary/aromatic N) is 2. The van der Waals surface area contributed by atoms with Crippen molar-refractivity contribution in [1.82, 2.24) is 4.31 Å². The molecular weight excluding hydrogens is 314 g/mol. The van der Waals surface area contributed by atoms with Gasteiger partial charge in [-0.25, -0.2) is 8.42 Å². The molecule has 0 radical (unpaired) electrons. The van der Waals surface area contributed by atoms with E-state index < -0.39 is 10.0 Å². The van der Waals surface area contributed by atoms with Gasteiger partial charge in [-0.05, 0) is 26.0 Å². The molecule has 1 heterocycles. The predicted molar refractivity (Wildman–Crippen MR) is 85.5 cm³/mol. The van der Waals surface area contributed by atoms with Crippen LogP contribution in [0.2, 0.25) is 0 Å². The maximum Gasteiger partial charge on any atom is 0.243 e. The van der Waals surface area contributed by atoms with E-state index in [-0.39, 0.29) is 16.6 Å². The van der Waals surface area contributed by atoms with Crippen molar-refractivity contribution in [1.29, 1.82) is 5.26 Å². The number of Topliss-reactive ketones (excluding diaryl/α,β-unsaturated/α-hetero) is 1. The number of benzene rings is 1. The first-order valence-corrected chi connectivity index (χ1v) is 9.13. The van der Waals surface area contributed by atoms with Gasteiger partial charge in [0.2, 0.25) is 10.0 Å². The SMILES string of the molecule is CC(=O)c1ccc(S(=O)(=O)N2CC[NH+](C[C@H](C)C#N)CC2)cc1. The van der Waals surface area contributed by atoms with E-state index >= 15 is 0 Å². The zero-order valence-electron chi connectivity index (χ0n) is 13.4. The highest BCUT2D eigenvalue weighted by atomic mass is 32.2. The summed E-state index contributed by atoms with van der Waals surface area (Å²) in [6.45, 7) is 6.39. The fourth-order valence-electron chi connectivity index (χ4n) is 2.74. The second-order valence-electron chi connectivity index (χ2n) is 5.97. The molecule has 7 heteroatoms. The van der Waals surface area contributed by atoms with Crippen LogP contribution in [0.1, 0.15) is 24.2 Å². The Bertz CT molecular complexity index is 699. The summed E-state index contributed by atoms with van der Waals surface area (Å²) < 4.78 is 26.7. The first kappa shape index (κ1) is 17.6. The lowest BCUT2D eigenvalue weighted by Gasteiger charge is -2.31. The molecule has 0 spiro atoms. The van der Waals surface area contributed by atoms with Crippen molar-refractivity contribution in [2.75, 3.05) is 32.7 Å². The fraction of sp³-hybridized carbons (Fsp3) is 0.500. The third kappa shape index (κ3) is 4.16. The maximum atomic E-state index is 12.6. The quantitative estimate of drug-likeness (QED) is 0.764. The molecule has 2 rings (SSSR count). The van der Waals surface area contributed by atoms with Crippen molar-refractivity contribution in [3.63, 3.8) is 0 Å². The fourth-order valence-corrected chi connectivity index (χ4v) is 4.18. The Kier molecular flexibility index (Phi) is 5.52. The number of hydrogen-bond donors (Lipinski definition) is 1. The first-order chi connectivity index (χ1) is 10.8. The number of rotatable bonds is 5. The standard InChI is InChI=1S/C16H21N3O3S/c1-13(11-17)12-18-7-9-19(10-8-18)23(21,22)16-5-3-15(4-6-16)14(2)20/h3-6,13H,7-10,12H2,1-2H3/p+1/t13-/m1/s1. The topological polar surface area (TPSA) is 82.7 Å². The number of carbonyl (C=O) groups is 1. The predicted octanol–water partition coefficient (Wildman–Crippen LogP) is -0.0619. The highest BCUT2D eigenvalue weighted by molar-refractivity contribution is 7.89. The van der Waals surface area contributed by atoms with E-state index in [2.05, 4.69) is 6.07 Å². The summed E-state index contributed by atoms with van der Waals surface area (Å²) in [5.41, 5.74) is 0.503. The minimum absolute atomic E-state index is 0.0210. The molecule has 1 aromatic rings. The monoisotopic (exact) mass is 336 g/mol. The van der Waals surface area contributed by atoms with E-state index in [4.69, 9.17) is 5.26 Å². The van der Waals surface area contributed by atoms with Gasteiger partial charge in [0.25, 0.3) is 0 Å². The van der Waals surface area contributed by atoms with Crippen molar-refractivity contribution in [2.45, 2.75) is 18.7 Å². The lowest BCUT2D eigenvalue weighted by molar-refractivity contribution is -0.905. The van der Waals surface area contributed by atoms with Gasteiger partial charge in [0.1, 0.15) is 0 Å². The number of nitriles is 1. The molecular formula is C16H22N3O3S+. The van der Waals surface area contributed by atoms with E-state index in [1.807, 2.05) is 6.92 Å². The number of nitrogens with one attached hydrogen (secondary N) is 1. The van der Waals surface area contributed by atoms with Crippen molar-refractivity contribution < 1.29 is 18.1 Å². The Morgan fingerprint density at radius 3 is 2.35 bits per heavy atom. The smallest absolute Gasteiger partial charge is 0.243 e. The van der Waals surface area contributed by atoms with E-state index in [1.165, 1.54) is 28.3 Å². The lowest BCUT2D eigenvalue weighted by atomic mass is 10.2. The van der Waals surface area contributed by atoms with Crippen molar-refractivity contribution in [3.8, 4) is 6.07 Å². The Labute approximate surface area is 137 Å². The Morgan fingerprint density at radius 2 is 1.87 bits per heavy atom. The van der Waals surface area contributed by atoms with Crippen molar-refractivity contribution in [3.05, 3.63) is 29.8 Å². The van der Waals surface area contributed by atoms with Crippen LogP contribution in [0.4, 0.5) is 0 Å². The third-order valence-electron chi connectivity index (χ3n) is 4.14. The number of quaternary nitrogens is 1. The molecule has 1 saturated heterocycles. The van der Waals surface area contributed by atoms with E-state index in [1.54, 1.807) is 12.1 Å². The number of hydrogen-bond acceptors (Lipinski definition) is 4. The van der Waals surface area contributed by atoms with Gasteiger partial charge < -0.3 is 4.90 Å². The van der Waals surface area contributed by atoms with Crippen LogP contribution in [0, 0.1) is 17.2 Å². The number of ketones is 1. The third-order valence-corrected chi connectivity index (χ3v) is 6.06. The molecule has 1 aliphatic rings. The molecule has 0 aromatic heterocycles. The molecule has 1 atom stereocenters. The normalized spacial score (nSPS) is 18.3. The van der Waals surface area contributed by atoms with Gasteiger partial charge >= 0.3 is 0 Å². The Balaban J connectivity index is 2.04. The van der Waals surface area contributed by atoms with Crippen LogP contribution >= 0.6 is 0 Å². The minimum Gasteiger partial charge on any atom is -0.332 e. The molecule has 1 aromatic carbocycles. The van der Waals surface area contributed by atoms with Crippen LogP contribution in [-0.4, -0.2) is 51.2 Å². The van der Waals surface area contributed by atoms with Crippen LogP contribution in [0.15, 0.2) is 29.2 Å². The average Bonchev–Trinajstić information content (AvgIpc) is 2.55. The molecule has 0 bridgehead atoms. The molecule has 0 aliphatic carbocycles. The number of sulfonamides is 1. The van der Waals surface area contributed by atoms with Crippen molar-refractivity contribution in [2.24, 2.45) is 5.92 Å². The summed E-state index contributed by atoms with van der Waals surface area (Å²) in [6.07, 6.45) is 0. The molecule has 1 fully saturated rings. The van der Waals surface area contributed by atoms with Gasteiger partial charge in [-0.1, -0.05) is 12.1 Å². The number of carbonyl (C=O) groups excluding carboxylic acids is 1. The van der Waals surface area contributed by atoms with Crippen LogP contribution < -0.4 is 4.90 Å². The summed E-state index contributed by atoms with van der Waals surface area (Å²) >= 11 is 0. The number of piperazine rings is 1. The lowest BCUT2D eigenvalue weighted by Crippen LogP contribution is -3.15. The summed E-state index contributed by atoms with van der Waals surface area (Å²) in [5, 5.41) is 8.86. The molecule has 1 N–H and O–H groups in total. The van der Waals surface area contributed by atoms with E-state index in [9.17, 15) is 13.2 Å². The summed E-state index contributed by atoms with van der Waals surface area (Å²) in [6, 6.07) is 8.29. The van der Waals surface area contributed by atoms with Gasteiger partial charge in [0.15, 0.2) is 5.78 Å². The zero-order valence-corrected chi connectivity index (χ0v) is 14.3. The zero-order chi connectivity index (χ0) is 17.0. The average molecular weight is 336 g/mol. The Hall–Kier alpha value is -1.75. The van der Waals surface area contributed by atoms with E-state index in [0.717, 1.165) is 6.54 Å². The minimum atomic E-state index is -3.52.